The second kappa shape index (κ2) is 5.58. The average molecular weight is 308 g/mol. The highest BCUT2D eigenvalue weighted by molar-refractivity contribution is 7.14. The number of hydrogen-bond donors (Lipinski definition) is 0. The van der Waals surface area contributed by atoms with Crippen LogP contribution in [0.1, 0.15) is 39.5 Å². The zero-order valence-electron chi connectivity index (χ0n) is 12.2. The Bertz CT molecular complexity index is 756. The Morgan fingerprint density at radius 2 is 2.09 bits per heavy atom. The fourth-order valence-electron chi connectivity index (χ4n) is 3.39. The summed E-state index contributed by atoms with van der Waals surface area (Å²) in [6, 6.07) is 10.3. The summed E-state index contributed by atoms with van der Waals surface area (Å²) in [6.45, 7) is 0.923. The van der Waals surface area contributed by atoms with E-state index < -0.39 is 0 Å². The van der Waals surface area contributed by atoms with Gasteiger partial charge in [0.15, 0.2) is 5.01 Å². The summed E-state index contributed by atoms with van der Waals surface area (Å²) in [6.07, 6.45) is 5.31. The lowest BCUT2D eigenvalue weighted by Gasteiger charge is -2.26. The molecule has 4 rings (SSSR count). The van der Waals surface area contributed by atoms with Gasteiger partial charge < -0.3 is 4.90 Å². The molecule has 0 spiro atoms. The number of piperidine rings is 1. The van der Waals surface area contributed by atoms with Gasteiger partial charge in [0.2, 0.25) is 0 Å². The topological polar surface area (TPSA) is 33.2 Å². The van der Waals surface area contributed by atoms with E-state index in [-0.39, 0.29) is 5.91 Å². The van der Waals surface area contributed by atoms with Crippen molar-refractivity contribution < 1.29 is 4.79 Å². The SMILES string of the molecule is O=C(c1cnc(C#Cc2ccccc2)s1)N1CC2CCC1C2. The van der Waals surface area contributed by atoms with Gasteiger partial charge in [-0.25, -0.2) is 4.98 Å². The van der Waals surface area contributed by atoms with Gasteiger partial charge in [-0.05, 0) is 43.2 Å². The molecule has 110 valence electrons. The van der Waals surface area contributed by atoms with Gasteiger partial charge in [0.05, 0.1) is 6.20 Å². The third-order valence-corrected chi connectivity index (χ3v) is 5.37. The number of fused-ring (bicyclic) bond motifs is 2. The van der Waals surface area contributed by atoms with Crippen LogP contribution < -0.4 is 0 Å². The number of amides is 1. The zero-order chi connectivity index (χ0) is 14.9. The molecule has 2 aromatic rings. The minimum Gasteiger partial charge on any atom is -0.335 e. The molecule has 1 aromatic carbocycles. The third kappa shape index (κ3) is 2.53. The van der Waals surface area contributed by atoms with E-state index in [0.29, 0.717) is 15.9 Å². The van der Waals surface area contributed by atoms with Gasteiger partial charge in [0.1, 0.15) is 4.88 Å². The van der Waals surface area contributed by atoms with E-state index in [2.05, 4.69) is 16.8 Å². The Balaban J connectivity index is 1.50. The fourth-order valence-corrected chi connectivity index (χ4v) is 4.12. The Morgan fingerprint density at radius 1 is 1.23 bits per heavy atom. The molecule has 2 aliphatic rings. The summed E-state index contributed by atoms with van der Waals surface area (Å²) < 4.78 is 0. The van der Waals surface area contributed by atoms with Gasteiger partial charge in [-0.15, -0.1) is 11.3 Å². The molecule has 2 unspecified atom stereocenters. The van der Waals surface area contributed by atoms with E-state index in [1.807, 2.05) is 35.2 Å². The smallest absolute Gasteiger partial charge is 0.265 e. The van der Waals surface area contributed by atoms with Crippen molar-refractivity contribution in [1.29, 1.82) is 0 Å². The first-order chi connectivity index (χ1) is 10.8. The Morgan fingerprint density at radius 3 is 2.82 bits per heavy atom. The van der Waals surface area contributed by atoms with Crippen molar-refractivity contribution in [2.75, 3.05) is 6.54 Å². The van der Waals surface area contributed by atoms with Crippen molar-refractivity contribution in [2.45, 2.75) is 25.3 Å². The maximum atomic E-state index is 12.6. The molecule has 2 fully saturated rings. The molecule has 0 radical (unpaired) electrons. The maximum absolute atomic E-state index is 12.6. The van der Waals surface area contributed by atoms with Crippen molar-refractivity contribution in [2.24, 2.45) is 5.92 Å². The predicted octanol–water partition coefficient (Wildman–Crippen LogP) is 3.17. The van der Waals surface area contributed by atoms with Crippen LogP contribution in [0.2, 0.25) is 0 Å². The first-order valence-electron chi connectivity index (χ1n) is 7.63. The normalized spacial score (nSPS) is 22.5. The quantitative estimate of drug-likeness (QED) is 0.758. The van der Waals surface area contributed by atoms with Gasteiger partial charge in [-0.2, -0.15) is 0 Å². The zero-order valence-corrected chi connectivity index (χ0v) is 13.0. The molecule has 1 aliphatic carbocycles. The number of thiazole rings is 1. The first-order valence-corrected chi connectivity index (χ1v) is 8.45. The Labute approximate surface area is 134 Å². The molecule has 22 heavy (non-hydrogen) atoms. The molecule has 2 bridgehead atoms. The van der Waals surface area contributed by atoms with Crippen LogP contribution in [0.4, 0.5) is 0 Å². The van der Waals surface area contributed by atoms with E-state index in [9.17, 15) is 4.79 Å². The molecule has 1 saturated carbocycles. The fraction of sp³-hybridized carbons (Fsp3) is 0.333. The van der Waals surface area contributed by atoms with Gasteiger partial charge in [0.25, 0.3) is 5.91 Å². The van der Waals surface area contributed by atoms with Gasteiger partial charge in [-0.1, -0.05) is 24.1 Å². The second-order valence-electron chi connectivity index (χ2n) is 5.94. The van der Waals surface area contributed by atoms with Crippen molar-refractivity contribution >= 4 is 17.2 Å². The predicted molar refractivity (Wildman–Crippen MR) is 86.7 cm³/mol. The van der Waals surface area contributed by atoms with Crippen LogP contribution in [-0.2, 0) is 0 Å². The van der Waals surface area contributed by atoms with Gasteiger partial charge >= 0.3 is 0 Å². The lowest BCUT2D eigenvalue weighted by atomic mass is 10.1. The summed E-state index contributed by atoms with van der Waals surface area (Å²) >= 11 is 1.40. The van der Waals surface area contributed by atoms with Gasteiger partial charge in [-0.3, -0.25) is 4.79 Å². The highest BCUT2D eigenvalue weighted by Crippen LogP contribution is 2.38. The second-order valence-corrected chi connectivity index (χ2v) is 6.97. The Hall–Kier alpha value is -2.12. The Kier molecular flexibility index (Phi) is 3.44. The highest BCUT2D eigenvalue weighted by Gasteiger charge is 2.40. The number of rotatable bonds is 1. The number of carbonyl (C=O) groups is 1. The summed E-state index contributed by atoms with van der Waals surface area (Å²) in [5, 5.41) is 0.705. The standard InChI is InChI=1S/C18H16N2OS/c21-18(20-12-14-6-8-15(20)10-14)16-11-19-17(22-16)9-7-13-4-2-1-3-5-13/h1-5,11,14-15H,6,8,10,12H2. The van der Waals surface area contributed by atoms with Crippen molar-refractivity contribution in [3.63, 3.8) is 0 Å². The molecule has 1 saturated heterocycles. The minimum atomic E-state index is 0.137. The summed E-state index contributed by atoms with van der Waals surface area (Å²) in [4.78, 5) is 19.6. The number of carbonyl (C=O) groups excluding carboxylic acids is 1. The van der Waals surface area contributed by atoms with Gasteiger partial charge in [0, 0.05) is 18.2 Å². The van der Waals surface area contributed by atoms with Crippen LogP contribution in [0.3, 0.4) is 0 Å². The summed E-state index contributed by atoms with van der Waals surface area (Å²) in [7, 11) is 0. The number of aromatic nitrogens is 1. The molecule has 3 nitrogen and oxygen atoms in total. The monoisotopic (exact) mass is 308 g/mol. The highest BCUT2D eigenvalue weighted by atomic mass is 32.1. The van der Waals surface area contributed by atoms with Crippen LogP contribution in [0.15, 0.2) is 36.5 Å². The minimum absolute atomic E-state index is 0.137. The molecule has 1 aliphatic heterocycles. The number of nitrogens with zero attached hydrogens (tertiary/aromatic N) is 2. The van der Waals surface area contributed by atoms with Crippen molar-refractivity contribution in [3.05, 3.63) is 52.0 Å². The molecule has 4 heteroatoms. The lowest BCUT2D eigenvalue weighted by molar-refractivity contribution is 0.0708. The molecule has 2 heterocycles. The maximum Gasteiger partial charge on any atom is 0.265 e. The number of hydrogen-bond acceptors (Lipinski definition) is 3. The van der Waals surface area contributed by atoms with E-state index in [0.717, 1.165) is 24.4 Å². The van der Waals surface area contributed by atoms with E-state index >= 15 is 0 Å². The number of likely N-dealkylation sites (tertiary alicyclic amines) is 1. The molecule has 1 amide bonds. The summed E-state index contributed by atoms with van der Waals surface area (Å²) in [5.74, 6) is 6.99. The molecular formula is C18H16N2OS. The molecule has 2 atom stereocenters. The molecule has 1 aromatic heterocycles. The van der Waals surface area contributed by atoms with Crippen LogP contribution >= 0.6 is 11.3 Å². The summed E-state index contributed by atoms with van der Waals surface area (Å²) in [5.41, 5.74) is 0.961. The van der Waals surface area contributed by atoms with E-state index in [1.165, 1.54) is 24.2 Å². The molecule has 0 N–H and O–H groups in total. The third-order valence-electron chi connectivity index (χ3n) is 4.47. The number of benzene rings is 1. The van der Waals surface area contributed by atoms with Crippen LogP contribution in [0, 0.1) is 17.8 Å². The largest absolute Gasteiger partial charge is 0.335 e. The van der Waals surface area contributed by atoms with Crippen LogP contribution in [-0.4, -0.2) is 28.4 Å². The van der Waals surface area contributed by atoms with Crippen LogP contribution in [0.25, 0.3) is 0 Å². The van der Waals surface area contributed by atoms with E-state index in [1.54, 1.807) is 6.20 Å². The lowest BCUT2D eigenvalue weighted by Crippen LogP contribution is -2.37. The van der Waals surface area contributed by atoms with Crippen molar-refractivity contribution in [3.8, 4) is 11.8 Å². The van der Waals surface area contributed by atoms with E-state index in [4.69, 9.17) is 0 Å². The van der Waals surface area contributed by atoms with Crippen molar-refractivity contribution in [1.82, 2.24) is 9.88 Å². The first kappa shape index (κ1) is 13.5. The van der Waals surface area contributed by atoms with Crippen LogP contribution in [0.5, 0.6) is 0 Å². The molecular weight excluding hydrogens is 292 g/mol. The average Bonchev–Trinajstić information content (AvgIpc) is 3.29.